The number of methoxy groups -OCH3 is 4. The number of hydrogen-bond donors (Lipinski definition) is 0. The van der Waals surface area contributed by atoms with Crippen molar-refractivity contribution in [2.24, 2.45) is 0 Å². The van der Waals surface area contributed by atoms with Crippen molar-refractivity contribution in [1.29, 1.82) is 0 Å². The number of hydrogen-bond acceptors (Lipinski definition) is 6. The quantitative estimate of drug-likeness (QED) is 0.253. The third-order valence-electron chi connectivity index (χ3n) is 2.92. The Morgan fingerprint density at radius 1 is 1.14 bits per heavy atom. The maximum atomic E-state index is 11.9. The van der Waals surface area contributed by atoms with Gasteiger partial charge in [0.05, 0.1) is 26.0 Å². The molecule has 0 spiro atoms. The first-order valence-corrected chi connectivity index (χ1v) is 6.91. The largest absolute Gasteiger partial charge is 0.503 e. The SMILES string of the molecule is COC=C(C(=O)OC)c1ccccc1C(OC)(OC)[PH+]=O. The average molecular weight is 313 g/mol. The Morgan fingerprint density at radius 2 is 1.76 bits per heavy atom. The van der Waals surface area contributed by atoms with E-state index in [0.29, 0.717) is 11.1 Å². The van der Waals surface area contributed by atoms with Gasteiger partial charge in [0.1, 0.15) is 5.57 Å². The molecule has 0 aliphatic rings. The zero-order chi connectivity index (χ0) is 15.9. The van der Waals surface area contributed by atoms with Crippen molar-refractivity contribution in [3.8, 4) is 0 Å². The van der Waals surface area contributed by atoms with Crippen LogP contribution in [0.25, 0.3) is 5.57 Å². The van der Waals surface area contributed by atoms with Gasteiger partial charge in [0.2, 0.25) is 0 Å². The molecule has 0 fully saturated rings. The van der Waals surface area contributed by atoms with E-state index < -0.39 is 20.0 Å². The topological polar surface area (TPSA) is 71.1 Å². The fourth-order valence-electron chi connectivity index (χ4n) is 1.90. The van der Waals surface area contributed by atoms with Gasteiger partial charge in [0, 0.05) is 19.8 Å². The predicted octanol–water partition coefficient (Wildman–Crippen LogP) is 2.27. The summed E-state index contributed by atoms with van der Waals surface area (Å²) in [6, 6.07) is 6.80. The number of benzene rings is 1. The van der Waals surface area contributed by atoms with E-state index in [0.717, 1.165) is 0 Å². The molecule has 6 nitrogen and oxygen atoms in total. The summed E-state index contributed by atoms with van der Waals surface area (Å²) in [5.41, 5.74) is -0.389. The smallest absolute Gasteiger partial charge is 0.400 e. The van der Waals surface area contributed by atoms with Gasteiger partial charge in [-0.2, -0.15) is 0 Å². The molecule has 0 bridgehead atoms. The first-order valence-electron chi connectivity index (χ1n) is 6.01. The second-order valence-corrected chi connectivity index (χ2v) is 4.79. The molecule has 0 heterocycles. The van der Waals surface area contributed by atoms with Gasteiger partial charge in [-0.15, -0.1) is 0 Å². The van der Waals surface area contributed by atoms with Crippen molar-refractivity contribution in [1.82, 2.24) is 0 Å². The van der Waals surface area contributed by atoms with Gasteiger partial charge in [-0.1, -0.05) is 22.8 Å². The van der Waals surface area contributed by atoms with Crippen LogP contribution in [0.5, 0.6) is 0 Å². The summed E-state index contributed by atoms with van der Waals surface area (Å²) in [6.07, 6.45) is 1.26. The van der Waals surface area contributed by atoms with Gasteiger partial charge in [0.15, 0.2) is 0 Å². The zero-order valence-electron chi connectivity index (χ0n) is 12.3. The Kier molecular flexibility index (Phi) is 6.49. The van der Waals surface area contributed by atoms with Crippen LogP contribution in [0, 0.1) is 0 Å². The summed E-state index contributed by atoms with van der Waals surface area (Å²) < 4.78 is 31.8. The molecular weight excluding hydrogens is 295 g/mol. The summed E-state index contributed by atoms with van der Waals surface area (Å²) in [7, 11) is 4.51. The molecule has 0 saturated carbocycles. The minimum atomic E-state index is -1.46. The summed E-state index contributed by atoms with van der Waals surface area (Å²) >= 11 is 0. The van der Waals surface area contributed by atoms with Crippen LogP contribution in [0.3, 0.4) is 0 Å². The first-order chi connectivity index (χ1) is 10.1. The van der Waals surface area contributed by atoms with Gasteiger partial charge >= 0.3 is 20.0 Å². The fraction of sp³-hybridized carbons (Fsp3) is 0.357. The molecule has 0 saturated heterocycles. The summed E-state index contributed by atoms with van der Waals surface area (Å²) in [5.74, 6) is -0.584. The van der Waals surface area contributed by atoms with E-state index in [2.05, 4.69) is 0 Å². The zero-order valence-corrected chi connectivity index (χ0v) is 13.3. The second kappa shape index (κ2) is 7.88. The Morgan fingerprint density at radius 3 is 2.24 bits per heavy atom. The van der Waals surface area contributed by atoms with Crippen molar-refractivity contribution in [2.45, 2.75) is 5.53 Å². The number of rotatable bonds is 7. The van der Waals surface area contributed by atoms with Crippen LogP contribution in [0.15, 0.2) is 30.5 Å². The van der Waals surface area contributed by atoms with Crippen LogP contribution in [0.1, 0.15) is 11.1 Å². The van der Waals surface area contributed by atoms with Crippen molar-refractivity contribution < 1.29 is 28.3 Å². The van der Waals surface area contributed by atoms with E-state index in [1.807, 2.05) is 0 Å². The van der Waals surface area contributed by atoms with Gasteiger partial charge in [-0.25, -0.2) is 4.79 Å². The van der Waals surface area contributed by atoms with Crippen LogP contribution < -0.4 is 0 Å². The lowest BCUT2D eigenvalue weighted by Gasteiger charge is -2.20. The number of esters is 1. The third kappa shape index (κ3) is 3.47. The van der Waals surface area contributed by atoms with Crippen LogP contribution >= 0.6 is 8.46 Å². The molecule has 114 valence electrons. The highest BCUT2D eigenvalue weighted by Crippen LogP contribution is 2.40. The van der Waals surface area contributed by atoms with Gasteiger partial charge in [-0.05, 0) is 6.07 Å². The molecule has 0 aliphatic carbocycles. The minimum Gasteiger partial charge on any atom is -0.503 e. The molecule has 0 aliphatic heterocycles. The molecule has 1 rings (SSSR count). The van der Waals surface area contributed by atoms with Gasteiger partial charge < -0.3 is 18.9 Å². The van der Waals surface area contributed by atoms with Gasteiger partial charge in [-0.3, -0.25) is 0 Å². The lowest BCUT2D eigenvalue weighted by atomic mass is 10.00. The number of ether oxygens (including phenoxy) is 4. The van der Waals surface area contributed by atoms with Crippen molar-refractivity contribution >= 4 is 20.0 Å². The van der Waals surface area contributed by atoms with Crippen LogP contribution in [0.4, 0.5) is 0 Å². The van der Waals surface area contributed by atoms with E-state index in [-0.39, 0.29) is 5.57 Å². The minimum absolute atomic E-state index is 0.173. The molecular formula is C14H18O6P+. The highest BCUT2D eigenvalue weighted by molar-refractivity contribution is 7.24. The molecule has 0 N–H and O–H groups in total. The fourth-order valence-corrected chi connectivity index (χ4v) is 2.39. The molecule has 1 atom stereocenters. The molecule has 0 radical (unpaired) electrons. The van der Waals surface area contributed by atoms with E-state index in [4.69, 9.17) is 18.9 Å². The van der Waals surface area contributed by atoms with Crippen molar-refractivity contribution in [3.05, 3.63) is 41.7 Å². The van der Waals surface area contributed by atoms with E-state index in [1.165, 1.54) is 34.7 Å². The maximum Gasteiger partial charge on any atom is 0.400 e. The summed E-state index contributed by atoms with van der Waals surface area (Å²) in [6.45, 7) is 0. The Labute approximate surface area is 124 Å². The Hall–Kier alpha value is -1.75. The first kappa shape index (κ1) is 17.3. The summed E-state index contributed by atoms with van der Waals surface area (Å²) in [4.78, 5) is 11.9. The summed E-state index contributed by atoms with van der Waals surface area (Å²) in [5, 5.41) is 0. The van der Waals surface area contributed by atoms with E-state index in [1.54, 1.807) is 24.3 Å². The number of carbonyl (C=O) groups is 1. The average Bonchev–Trinajstić information content (AvgIpc) is 2.55. The molecule has 1 aromatic rings. The predicted molar refractivity (Wildman–Crippen MR) is 78.1 cm³/mol. The maximum absolute atomic E-state index is 11.9. The highest BCUT2D eigenvalue weighted by Gasteiger charge is 2.44. The van der Waals surface area contributed by atoms with Crippen LogP contribution in [0.2, 0.25) is 0 Å². The third-order valence-corrected chi connectivity index (χ3v) is 3.87. The molecule has 21 heavy (non-hydrogen) atoms. The monoisotopic (exact) mass is 313 g/mol. The normalized spacial score (nSPS) is 12.3. The number of carbonyl (C=O) groups excluding carboxylic acids is 1. The Bertz CT molecular complexity index is 536. The van der Waals surface area contributed by atoms with Crippen LogP contribution in [-0.4, -0.2) is 34.4 Å². The van der Waals surface area contributed by atoms with Crippen molar-refractivity contribution in [3.63, 3.8) is 0 Å². The van der Waals surface area contributed by atoms with Crippen molar-refractivity contribution in [2.75, 3.05) is 28.4 Å². The van der Waals surface area contributed by atoms with Gasteiger partial charge in [0.25, 0.3) is 0 Å². The standard InChI is InChI=1S/C14H17O6P/c1-17-9-11(13(15)18-2)10-7-5-6-8-12(10)14(19-3,20-4)21-16/h5-9H,1-4H3/p+1. The molecule has 1 aromatic carbocycles. The second-order valence-electron chi connectivity index (χ2n) is 3.93. The molecule has 0 amide bonds. The Balaban J connectivity index is 3.54. The lowest BCUT2D eigenvalue weighted by molar-refractivity contribution is -0.145. The molecule has 1 unspecified atom stereocenters. The van der Waals surface area contributed by atoms with E-state index in [9.17, 15) is 9.36 Å². The highest BCUT2D eigenvalue weighted by atomic mass is 31.1. The molecule has 0 aromatic heterocycles. The molecule has 7 heteroatoms. The lowest BCUT2D eigenvalue weighted by Crippen LogP contribution is -2.26. The van der Waals surface area contributed by atoms with Crippen LogP contribution in [-0.2, 0) is 33.8 Å². The van der Waals surface area contributed by atoms with E-state index >= 15 is 0 Å².